The number of aliphatic hydroxyl groups excluding tert-OH is 1. The molecular formula is C18H16FNO3. The second-order valence-electron chi connectivity index (χ2n) is 5.47. The molecule has 1 aromatic heterocycles. The van der Waals surface area contributed by atoms with Crippen LogP contribution in [-0.2, 0) is 0 Å². The van der Waals surface area contributed by atoms with Crippen LogP contribution in [0.15, 0.2) is 47.0 Å². The van der Waals surface area contributed by atoms with Crippen molar-refractivity contribution in [2.75, 3.05) is 0 Å². The predicted molar refractivity (Wildman–Crippen MR) is 83.5 cm³/mol. The van der Waals surface area contributed by atoms with E-state index < -0.39 is 11.9 Å². The summed E-state index contributed by atoms with van der Waals surface area (Å²) in [6.45, 7) is 3.58. The number of aliphatic hydroxyl groups is 1. The smallest absolute Gasteiger partial charge is 0.141 e. The number of phenolic OH excluding ortho intramolecular Hbond substituents is 1. The Morgan fingerprint density at radius 3 is 2.52 bits per heavy atom. The molecule has 0 saturated carbocycles. The SMILES string of the molecule is Cc1noc(C)c1-c1cc(O)cc(C(O)c2cccc(F)c2)c1. The van der Waals surface area contributed by atoms with Gasteiger partial charge in [0.2, 0.25) is 0 Å². The molecule has 0 saturated heterocycles. The summed E-state index contributed by atoms with van der Waals surface area (Å²) in [7, 11) is 0. The zero-order valence-corrected chi connectivity index (χ0v) is 12.7. The molecule has 1 heterocycles. The van der Waals surface area contributed by atoms with E-state index in [1.165, 1.54) is 24.3 Å². The average molecular weight is 313 g/mol. The molecule has 0 amide bonds. The standard InChI is InChI=1S/C18H16FNO3/c1-10-17(11(2)23-20-10)13-6-14(9-16(21)8-13)18(22)12-4-3-5-15(19)7-12/h3-9,18,21-22H,1-2H3. The van der Waals surface area contributed by atoms with Crippen LogP contribution in [0, 0.1) is 19.7 Å². The topological polar surface area (TPSA) is 66.5 Å². The Bertz CT molecular complexity index is 838. The van der Waals surface area contributed by atoms with E-state index in [0.29, 0.717) is 28.1 Å². The minimum absolute atomic E-state index is 0.00736. The highest BCUT2D eigenvalue weighted by Crippen LogP contribution is 2.34. The summed E-state index contributed by atoms with van der Waals surface area (Å²) < 4.78 is 18.5. The molecule has 2 N–H and O–H groups in total. The van der Waals surface area contributed by atoms with Crippen LogP contribution in [0.2, 0.25) is 0 Å². The van der Waals surface area contributed by atoms with E-state index in [4.69, 9.17) is 4.52 Å². The maximum atomic E-state index is 13.3. The summed E-state index contributed by atoms with van der Waals surface area (Å²) in [5.74, 6) is 0.208. The lowest BCUT2D eigenvalue weighted by Gasteiger charge is -2.14. The molecule has 0 fully saturated rings. The molecule has 23 heavy (non-hydrogen) atoms. The third-order valence-electron chi connectivity index (χ3n) is 3.74. The van der Waals surface area contributed by atoms with Gasteiger partial charge in [0.25, 0.3) is 0 Å². The Kier molecular flexibility index (Phi) is 3.88. The van der Waals surface area contributed by atoms with Gasteiger partial charge in [0.1, 0.15) is 23.4 Å². The van der Waals surface area contributed by atoms with Gasteiger partial charge in [-0.2, -0.15) is 0 Å². The minimum atomic E-state index is -1.04. The van der Waals surface area contributed by atoms with Crippen LogP contribution in [0.5, 0.6) is 5.75 Å². The number of hydrogen-bond acceptors (Lipinski definition) is 4. The van der Waals surface area contributed by atoms with E-state index in [0.717, 1.165) is 5.56 Å². The molecule has 0 spiro atoms. The van der Waals surface area contributed by atoms with Crippen molar-refractivity contribution < 1.29 is 19.1 Å². The number of phenols is 1. The van der Waals surface area contributed by atoms with Crippen molar-refractivity contribution in [1.82, 2.24) is 5.16 Å². The fourth-order valence-electron chi connectivity index (χ4n) is 2.70. The normalized spacial score (nSPS) is 12.3. The van der Waals surface area contributed by atoms with Gasteiger partial charge in [-0.1, -0.05) is 17.3 Å². The van der Waals surface area contributed by atoms with Gasteiger partial charge >= 0.3 is 0 Å². The number of hydrogen-bond donors (Lipinski definition) is 2. The quantitative estimate of drug-likeness (QED) is 0.770. The summed E-state index contributed by atoms with van der Waals surface area (Å²) >= 11 is 0. The third-order valence-corrected chi connectivity index (χ3v) is 3.74. The second-order valence-corrected chi connectivity index (χ2v) is 5.47. The third kappa shape index (κ3) is 2.96. The molecule has 0 aliphatic heterocycles. The van der Waals surface area contributed by atoms with E-state index >= 15 is 0 Å². The number of rotatable bonds is 3. The fourth-order valence-corrected chi connectivity index (χ4v) is 2.70. The lowest BCUT2D eigenvalue weighted by atomic mass is 9.96. The molecular weight excluding hydrogens is 297 g/mol. The summed E-state index contributed by atoms with van der Waals surface area (Å²) in [5.41, 5.74) is 3.03. The first kappa shape index (κ1) is 15.2. The number of nitrogens with zero attached hydrogens (tertiary/aromatic N) is 1. The van der Waals surface area contributed by atoms with E-state index in [-0.39, 0.29) is 5.75 Å². The van der Waals surface area contributed by atoms with Gasteiger partial charge in [0, 0.05) is 5.56 Å². The van der Waals surface area contributed by atoms with Gasteiger partial charge in [-0.25, -0.2) is 4.39 Å². The largest absolute Gasteiger partial charge is 0.508 e. The number of aromatic nitrogens is 1. The molecule has 0 aliphatic rings. The van der Waals surface area contributed by atoms with E-state index in [9.17, 15) is 14.6 Å². The van der Waals surface area contributed by atoms with E-state index in [1.54, 1.807) is 32.0 Å². The molecule has 1 unspecified atom stereocenters. The van der Waals surface area contributed by atoms with Crippen molar-refractivity contribution in [3.8, 4) is 16.9 Å². The van der Waals surface area contributed by atoms with Crippen LogP contribution in [-0.4, -0.2) is 15.4 Å². The van der Waals surface area contributed by atoms with Crippen LogP contribution in [0.4, 0.5) is 4.39 Å². The number of benzene rings is 2. The van der Waals surface area contributed by atoms with Gasteiger partial charge in [-0.3, -0.25) is 0 Å². The second kappa shape index (κ2) is 5.85. The van der Waals surface area contributed by atoms with Crippen LogP contribution in [0.25, 0.3) is 11.1 Å². The summed E-state index contributed by atoms with van der Waals surface area (Å²) in [6.07, 6.45) is -1.04. The van der Waals surface area contributed by atoms with Gasteiger partial charge in [0.15, 0.2) is 0 Å². The van der Waals surface area contributed by atoms with Crippen molar-refractivity contribution in [3.05, 3.63) is 70.9 Å². The van der Waals surface area contributed by atoms with Crippen molar-refractivity contribution in [1.29, 1.82) is 0 Å². The molecule has 3 rings (SSSR count). The molecule has 0 aliphatic carbocycles. The highest BCUT2D eigenvalue weighted by molar-refractivity contribution is 5.70. The van der Waals surface area contributed by atoms with Crippen molar-refractivity contribution in [2.45, 2.75) is 20.0 Å². The highest BCUT2D eigenvalue weighted by atomic mass is 19.1. The summed E-state index contributed by atoms with van der Waals surface area (Å²) in [4.78, 5) is 0. The number of aryl methyl sites for hydroxylation is 2. The van der Waals surface area contributed by atoms with Crippen LogP contribution < -0.4 is 0 Å². The maximum Gasteiger partial charge on any atom is 0.141 e. The summed E-state index contributed by atoms with van der Waals surface area (Å²) in [5, 5.41) is 24.4. The van der Waals surface area contributed by atoms with Crippen LogP contribution >= 0.6 is 0 Å². The first-order chi connectivity index (χ1) is 11.0. The van der Waals surface area contributed by atoms with Crippen molar-refractivity contribution in [2.24, 2.45) is 0 Å². The Morgan fingerprint density at radius 2 is 1.87 bits per heavy atom. The number of halogens is 1. The van der Waals surface area contributed by atoms with Crippen LogP contribution in [0.1, 0.15) is 28.7 Å². The molecule has 0 bridgehead atoms. The van der Waals surface area contributed by atoms with Gasteiger partial charge in [0.05, 0.1) is 5.69 Å². The van der Waals surface area contributed by atoms with Gasteiger partial charge in [-0.15, -0.1) is 0 Å². The van der Waals surface area contributed by atoms with Gasteiger partial charge in [-0.05, 0) is 60.9 Å². The molecule has 1 atom stereocenters. The fraction of sp³-hybridized carbons (Fsp3) is 0.167. The summed E-state index contributed by atoms with van der Waals surface area (Å²) in [6, 6.07) is 10.5. The highest BCUT2D eigenvalue weighted by Gasteiger charge is 2.17. The molecule has 5 heteroatoms. The maximum absolute atomic E-state index is 13.3. The molecule has 3 aromatic rings. The molecule has 4 nitrogen and oxygen atoms in total. The van der Waals surface area contributed by atoms with Crippen molar-refractivity contribution in [3.63, 3.8) is 0 Å². The van der Waals surface area contributed by atoms with E-state index in [1.807, 2.05) is 0 Å². The van der Waals surface area contributed by atoms with Crippen LogP contribution in [0.3, 0.4) is 0 Å². The monoisotopic (exact) mass is 313 g/mol. The molecule has 0 radical (unpaired) electrons. The lowest BCUT2D eigenvalue weighted by Crippen LogP contribution is -2.00. The minimum Gasteiger partial charge on any atom is -0.508 e. The molecule has 2 aromatic carbocycles. The predicted octanol–water partition coefficient (Wildman–Crippen LogP) is 3.88. The Morgan fingerprint density at radius 1 is 1.09 bits per heavy atom. The average Bonchev–Trinajstić information content (AvgIpc) is 2.85. The van der Waals surface area contributed by atoms with Crippen molar-refractivity contribution >= 4 is 0 Å². The number of aromatic hydroxyl groups is 1. The Balaban J connectivity index is 2.08. The first-order valence-electron chi connectivity index (χ1n) is 7.16. The molecule has 118 valence electrons. The Hall–Kier alpha value is -2.66. The van der Waals surface area contributed by atoms with Gasteiger partial charge < -0.3 is 14.7 Å². The zero-order chi connectivity index (χ0) is 16.6. The van der Waals surface area contributed by atoms with E-state index in [2.05, 4.69) is 5.16 Å². The Labute approximate surface area is 132 Å². The first-order valence-corrected chi connectivity index (χ1v) is 7.16. The lowest BCUT2D eigenvalue weighted by molar-refractivity contribution is 0.219. The zero-order valence-electron chi connectivity index (χ0n) is 12.7.